The second-order valence-corrected chi connectivity index (χ2v) is 5.96. The number of alkyl halides is 1. The summed E-state index contributed by atoms with van der Waals surface area (Å²) in [6, 6.07) is 13.8. The maximum atomic E-state index is 12.4. The van der Waals surface area contributed by atoms with E-state index in [2.05, 4.69) is 0 Å². The fraction of sp³-hybridized carbons (Fsp3) is 0.316. The van der Waals surface area contributed by atoms with Crippen molar-refractivity contribution in [1.29, 1.82) is 0 Å². The van der Waals surface area contributed by atoms with Gasteiger partial charge in [-0.3, -0.25) is 4.79 Å². The summed E-state index contributed by atoms with van der Waals surface area (Å²) in [4.78, 5) is 14.2. The molecule has 0 radical (unpaired) electrons. The first-order valence-corrected chi connectivity index (χ1v) is 8.38. The molecule has 1 aliphatic rings. The van der Waals surface area contributed by atoms with E-state index in [9.17, 15) is 4.79 Å². The van der Waals surface area contributed by atoms with Crippen molar-refractivity contribution < 1.29 is 14.3 Å². The van der Waals surface area contributed by atoms with Crippen LogP contribution in [0.25, 0.3) is 0 Å². The molecule has 0 bridgehead atoms. The summed E-state index contributed by atoms with van der Waals surface area (Å²) in [5.41, 5.74) is 3.29. The van der Waals surface area contributed by atoms with Gasteiger partial charge in [0.05, 0.1) is 20.3 Å². The number of carbonyl (C=O) groups excluding carboxylic acids is 1. The lowest BCUT2D eigenvalue weighted by molar-refractivity contribution is -0.130. The first-order chi connectivity index (χ1) is 11.7. The van der Waals surface area contributed by atoms with Gasteiger partial charge < -0.3 is 14.4 Å². The Hall–Kier alpha value is -2.20. The SMILES string of the molecule is COc1cc2c(cc1OC)[C@@H](c1ccccc1)N(C(=O)CCl)CC2. The maximum absolute atomic E-state index is 12.4. The Balaban J connectivity index is 2.15. The lowest BCUT2D eigenvalue weighted by atomic mass is 9.87. The zero-order valence-corrected chi connectivity index (χ0v) is 14.5. The van der Waals surface area contributed by atoms with Crippen molar-refractivity contribution in [2.24, 2.45) is 0 Å². The topological polar surface area (TPSA) is 38.8 Å². The van der Waals surface area contributed by atoms with Gasteiger partial charge in [0.1, 0.15) is 5.88 Å². The smallest absolute Gasteiger partial charge is 0.238 e. The number of fused-ring (bicyclic) bond motifs is 1. The summed E-state index contributed by atoms with van der Waals surface area (Å²) < 4.78 is 10.9. The van der Waals surface area contributed by atoms with Crippen molar-refractivity contribution in [2.75, 3.05) is 26.6 Å². The Morgan fingerprint density at radius 2 is 1.83 bits per heavy atom. The van der Waals surface area contributed by atoms with Crippen LogP contribution in [0.5, 0.6) is 11.5 Å². The number of methoxy groups -OCH3 is 2. The van der Waals surface area contributed by atoms with Gasteiger partial charge >= 0.3 is 0 Å². The predicted molar refractivity (Wildman–Crippen MR) is 94.0 cm³/mol. The fourth-order valence-corrected chi connectivity index (χ4v) is 3.44. The van der Waals surface area contributed by atoms with Crippen molar-refractivity contribution in [3.05, 3.63) is 59.2 Å². The first kappa shape index (κ1) is 16.7. The van der Waals surface area contributed by atoms with Crippen molar-refractivity contribution in [3.63, 3.8) is 0 Å². The second-order valence-electron chi connectivity index (χ2n) is 5.69. The van der Waals surface area contributed by atoms with Crippen molar-refractivity contribution in [3.8, 4) is 11.5 Å². The van der Waals surface area contributed by atoms with Crippen LogP contribution < -0.4 is 9.47 Å². The van der Waals surface area contributed by atoms with E-state index in [0.29, 0.717) is 18.0 Å². The van der Waals surface area contributed by atoms with E-state index in [-0.39, 0.29) is 17.8 Å². The lowest BCUT2D eigenvalue weighted by Gasteiger charge is -2.38. The fourth-order valence-electron chi connectivity index (χ4n) is 3.29. The minimum Gasteiger partial charge on any atom is -0.493 e. The van der Waals surface area contributed by atoms with Crippen LogP contribution in [0, 0.1) is 0 Å². The maximum Gasteiger partial charge on any atom is 0.238 e. The summed E-state index contributed by atoms with van der Waals surface area (Å²) in [7, 11) is 3.25. The van der Waals surface area contributed by atoms with Gasteiger partial charge in [-0.1, -0.05) is 30.3 Å². The molecular formula is C19H20ClNO3. The van der Waals surface area contributed by atoms with Crippen molar-refractivity contribution >= 4 is 17.5 Å². The molecule has 0 fully saturated rings. The number of nitrogens with zero attached hydrogens (tertiary/aromatic N) is 1. The molecule has 24 heavy (non-hydrogen) atoms. The Labute approximate surface area is 146 Å². The Morgan fingerprint density at radius 1 is 1.17 bits per heavy atom. The van der Waals surface area contributed by atoms with Gasteiger partial charge in [0.2, 0.25) is 5.91 Å². The van der Waals surface area contributed by atoms with Crippen LogP contribution in [0.2, 0.25) is 0 Å². The molecule has 2 aromatic rings. The van der Waals surface area contributed by atoms with Crippen LogP contribution >= 0.6 is 11.6 Å². The van der Waals surface area contributed by atoms with Crippen LogP contribution in [0.4, 0.5) is 0 Å². The second kappa shape index (κ2) is 7.14. The van der Waals surface area contributed by atoms with Gasteiger partial charge in [-0.25, -0.2) is 0 Å². The van der Waals surface area contributed by atoms with Gasteiger partial charge in [0.15, 0.2) is 11.5 Å². The van der Waals surface area contributed by atoms with Crippen LogP contribution in [0.15, 0.2) is 42.5 Å². The third-order valence-electron chi connectivity index (χ3n) is 4.42. The molecule has 0 spiro atoms. The highest BCUT2D eigenvalue weighted by Crippen LogP contribution is 2.41. The molecule has 3 rings (SSSR count). The summed E-state index contributed by atoms with van der Waals surface area (Å²) >= 11 is 5.84. The number of hydrogen-bond acceptors (Lipinski definition) is 3. The van der Waals surface area contributed by atoms with Crippen molar-refractivity contribution in [2.45, 2.75) is 12.5 Å². The van der Waals surface area contributed by atoms with Gasteiger partial charge in [0.25, 0.3) is 0 Å². The normalized spacial score (nSPS) is 16.5. The Morgan fingerprint density at radius 3 is 2.46 bits per heavy atom. The number of benzene rings is 2. The van der Waals surface area contributed by atoms with E-state index in [0.717, 1.165) is 17.5 Å². The average molecular weight is 346 g/mol. The third kappa shape index (κ3) is 2.94. The van der Waals surface area contributed by atoms with E-state index in [1.165, 1.54) is 5.56 Å². The molecule has 0 aliphatic carbocycles. The molecule has 2 aromatic carbocycles. The molecule has 0 saturated carbocycles. The number of carbonyl (C=O) groups is 1. The number of hydrogen-bond donors (Lipinski definition) is 0. The minimum atomic E-state index is -0.166. The van der Waals surface area contributed by atoms with Crippen LogP contribution in [-0.2, 0) is 11.2 Å². The molecular weight excluding hydrogens is 326 g/mol. The quantitative estimate of drug-likeness (QED) is 0.797. The highest BCUT2D eigenvalue weighted by molar-refractivity contribution is 6.27. The zero-order chi connectivity index (χ0) is 17.1. The Bertz CT molecular complexity index is 733. The van der Waals surface area contributed by atoms with Gasteiger partial charge in [-0.2, -0.15) is 0 Å². The molecule has 0 saturated heterocycles. The Kier molecular flexibility index (Phi) is 4.95. The highest BCUT2D eigenvalue weighted by atomic mass is 35.5. The summed E-state index contributed by atoms with van der Waals surface area (Å²) in [5, 5.41) is 0. The zero-order valence-electron chi connectivity index (χ0n) is 13.8. The predicted octanol–water partition coefficient (Wildman–Crippen LogP) is 3.42. The molecule has 0 unspecified atom stereocenters. The molecule has 1 amide bonds. The van der Waals surface area contributed by atoms with E-state index < -0.39 is 0 Å². The van der Waals surface area contributed by atoms with E-state index in [1.54, 1.807) is 14.2 Å². The van der Waals surface area contributed by atoms with Crippen LogP contribution in [0.1, 0.15) is 22.7 Å². The largest absolute Gasteiger partial charge is 0.493 e. The van der Waals surface area contributed by atoms with Crippen LogP contribution in [0.3, 0.4) is 0 Å². The standard InChI is InChI=1S/C19H20ClNO3/c1-23-16-10-14-8-9-21(18(22)12-20)19(13-6-4-3-5-7-13)15(14)11-17(16)24-2/h3-7,10-11,19H,8-9,12H2,1-2H3/t19-/m1/s1. The average Bonchev–Trinajstić information content (AvgIpc) is 2.65. The lowest BCUT2D eigenvalue weighted by Crippen LogP contribution is -2.41. The molecule has 0 N–H and O–H groups in total. The van der Waals surface area contributed by atoms with E-state index >= 15 is 0 Å². The van der Waals surface area contributed by atoms with Gasteiger partial charge in [0, 0.05) is 6.54 Å². The number of amides is 1. The van der Waals surface area contributed by atoms with E-state index in [1.807, 2.05) is 47.4 Å². The van der Waals surface area contributed by atoms with Gasteiger partial charge in [-0.05, 0) is 35.2 Å². The number of ether oxygens (including phenoxy) is 2. The summed E-state index contributed by atoms with van der Waals surface area (Å²) in [6.07, 6.45) is 0.766. The third-order valence-corrected chi connectivity index (χ3v) is 4.65. The molecule has 1 atom stereocenters. The summed E-state index contributed by atoms with van der Waals surface area (Å²) in [5.74, 6) is 1.29. The first-order valence-electron chi connectivity index (χ1n) is 7.84. The van der Waals surface area contributed by atoms with Crippen molar-refractivity contribution in [1.82, 2.24) is 4.90 Å². The number of halogens is 1. The number of rotatable bonds is 4. The monoisotopic (exact) mass is 345 g/mol. The van der Waals surface area contributed by atoms with Crippen LogP contribution in [-0.4, -0.2) is 37.5 Å². The minimum absolute atomic E-state index is 0.0219. The van der Waals surface area contributed by atoms with Gasteiger partial charge in [-0.15, -0.1) is 11.6 Å². The molecule has 5 heteroatoms. The molecule has 4 nitrogen and oxygen atoms in total. The molecule has 1 heterocycles. The molecule has 1 aliphatic heterocycles. The van der Waals surface area contributed by atoms with E-state index in [4.69, 9.17) is 21.1 Å². The molecule has 0 aromatic heterocycles. The highest BCUT2D eigenvalue weighted by Gasteiger charge is 2.32. The summed E-state index contributed by atoms with van der Waals surface area (Å²) in [6.45, 7) is 0.633. The molecule has 126 valence electrons.